The highest BCUT2D eigenvalue weighted by Gasteiger charge is 2.24. The maximum absolute atomic E-state index is 12.8. The van der Waals surface area contributed by atoms with Crippen LogP contribution in [0.3, 0.4) is 0 Å². The molecule has 0 aliphatic heterocycles. The van der Waals surface area contributed by atoms with Crippen LogP contribution < -0.4 is 10.1 Å². The van der Waals surface area contributed by atoms with Crippen molar-refractivity contribution in [3.63, 3.8) is 0 Å². The molecule has 1 aliphatic rings. The van der Waals surface area contributed by atoms with Crippen molar-refractivity contribution in [3.8, 4) is 11.5 Å². The Morgan fingerprint density at radius 1 is 1.17 bits per heavy atom. The van der Waals surface area contributed by atoms with Crippen LogP contribution >= 0.6 is 11.6 Å². The van der Waals surface area contributed by atoms with Gasteiger partial charge in [0.15, 0.2) is 5.75 Å². The lowest BCUT2D eigenvalue weighted by Crippen LogP contribution is -2.26. The molecular formula is C25H25ClN2O2. The van der Waals surface area contributed by atoms with Crippen LogP contribution in [0.1, 0.15) is 51.4 Å². The molecule has 1 aliphatic carbocycles. The predicted octanol–water partition coefficient (Wildman–Crippen LogP) is 5.99. The Morgan fingerprint density at radius 2 is 2.00 bits per heavy atom. The van der Waals surface area contributed by atoms with E-state index in [0.29, 0.717) is 29.5 Å². The van der Waals surface area contributed by atoms with Crippen molar-refractivity contribution in [2.75, 3.05) is 6.54 Å². The van der Waals surface area contributed by atoms with Gasteiger partial charge in [0.1, 0.15) is 10.9 Å². The molecule has 0 atom stereocenters. The Kier molecular flexibility index (Phi) is 6.05. The Labute approximate surface area is 182 Å². The van der Waals surface area contributed by atoms with Crippen molar-refractivity contribution in [2.24, 2.45) is 0 Å². The van der Waals surface area contributed by atoms with Gasteiger partial charge in [0.2, 0.25) is 0 Å². The van der Waals surface area contributed by atoms with E-state index in [0.717, 1.165) is 6.42 Å². The molecule has 4 nitrogen and oxygen atoms in total. The third-order valence-electron chi connectivity index (χ3n) is 5.39. The number of benzene rings is 2. The number of hydrogen-bond acceptors (Lipinski definition) is 3. The van der Waals surface area contributed by atoms with Crippen molar-refractivity contribution < 1.29 is 9.53 Å². The van der Waals surface area contributed by atoms with Crippen LogP contribution in [0.4, 0.5) is 0 Å². The van der Waals surface area contributed by atoms with E-state index >= 15 is 0 Å². The van der Waals surface area contributed by atoms with Crippen LogP contribution in [0.5, 0.6) is 11.5 Å². The number of nitrogens with zero attached hydrogens (tertiary/aromatic N) is 1. The number of amides is 1. The minimum Gasteiger partial charge on any atom is -0.455 e. The first kappa shape index (κ1) is 20.4. The summed E-state index contributed by atoms with van der Waals surface area (Å²) in [6.45, 7) is 4.70. The van der Waals surface area contributed by atoms with Gasteiger partial charge in [-0.3, -0.25) is 4.79 Å². The smallest absolute Gasteiger partial charge is 0.255 e. The summed E-state index contributed by atoms with van der Waals surface area (Å²) in [7, 11) is 0. The summed E-state index contributed by atoms with van der Waals surface area (Å²) < 4.78 is 6.02. The normalized spacial score (nSPS) is 13.2. The fraction of sp³-hybridized carbons (Fsp3) is 0.280. The first-order valence-corrected chi connectivity index (χ1v) is 10.6. The van der Waals surface area contributed by atoms with Gasteiger partial charge in [-0.1, -0.05) is 47.5 Å². The third kappa shape index (κ3) is 5.00. The fourth-order valence-corrected chi connectivity index (χ4v) is 3.74. The molecule has 154 valence electrons. The molecule has 1 fully saturated rings. The Morgan fingerprint density at radius 3 is 2.77 bits per heavy atom. The van der Waals surface area contributed by atoms with Crippen molar-refractivity contribution in [2.45, 2.75) is 39.0 Å². The fourth-order valence-electron chi connectivity index (χ4n) is 3.58. The molecule has 0 spiro atoms. The molecule has 0 radical (unpaired) electrons. The van der Waals surface area contributed by atoms with Crippen LogP contribution in [0.2, 0.25) is 5.15 Å². The van der Waals surface area contributed by atoms with Crippen LogP contribution in [0.25, 0.3) is 0 Å². The Bertz CT molecular complexity index is 1080. The standard InChI is InChI=1S/C25H25ClN2O2/c1-16-6-7-18(17(2)12-16)10-11-27-25(29)22-14-24(26)28-15-23(22)30-21-5-3-4-20(13-21)19-8-9-19/h3-7,12-15,19H,8-11H2,1-2H3,(H,27,29). The van der Waals surface area contributed by atoms with Crippen LogP contribution in [-0.4, -0.2) is 17.4 Å². The Balaban J connectivity index is 1.45. The topological polar surface area (TPSA) is 51.2 Å². The molecule has 1 amide bonds. The molecule has 3 aromatic rings. The highest BCUT2D eigenvalue weighted by Crippen LogP contribution is 2.41. The summed E-state index contributed by atoms with van der Waals surface area (Å²) >= 11 is 6.06. The molecule has 1 saturated carbocycles. The number of ether oxygens (including phenoxy) is 1. The van der Waals surface area contributed by atoms with Gasteiger partial charge in [-0.15, -0.1) is 0 Å². The number of aromatic nitrogens is 1. The van der Waals surface area contributed by atoms with Gasteiger partial charge in [-0.2, -0.15) is 0 Å². The zero-order chi connectivity index (χ0) is 21.1. The van der Waals surface area contributed by atoms with E-state index in [-0.39, 0.29) is 11.1 Å². The molecular weight excluding hydrogens is 396 g/mol. The summed E-state index contributed by atoms with van der Waals surface area (Å²) in [6.07, 6.45) is 4.71. The number of aryl methyl sites for hydroxylation is 2. The average Bonchev–Trinajstić information content (AvgIpc) is 3.56. The quantitative estimate of drug-likeness (QED) is 0.477. The van der Waals surface area contributed by atoms with E-state index in [2.05, 4.69) is 48.4 Å². The zero-order valence-electron chi connectivity index (χ0n) is 17.2. The van der Waals surface area contributed by atoms with Crippen molar-refractivity contribution in [1.29, 1.82) is 0 Å². The summed E-state index contributed by atoms with van der Waals surface area (Å²) in [5, 5.41) is 3.23. The molecule has 5 heteroatoms. The minimum atomic E-state index is -0.225. The van der Waals surface area contributed by atoms with E-state index < -0.39 is 0 Å². The van der Waals surface area contributed by atoms with Gasteiger partial charge >= 0.3 is 0 Å². The number of rotatable bonds is 7. The van der Waals surface area contributed by atoms with Crippen LogP contribution in [0, 0.1) is 13.8 Å². The van der Waals surface area contributed by atoms with Gasteiger partial charge in [-0.05, 0) is 73.9 Å². The molecule has 1 heterocycles. The van der Waals surface area contributed by atoms with Crippen LogP contribution in [-0.2, 0) is 6.42 Å². The summed E-state index contributed by atoms with van der Waals surface area (Å²) in [5.41, 5.74) is 5.35. The second-order valence-corrected chi connectivity index (χ2v) is 8.28. The van der Waals surface area contributed by atoms with Gasteiger partial charge in [0.25, 0.3) is 5.91 Å². The second kappa shape index (κ2) is 8.88. The lowest BCUT2D eigenvalue weighted by atomic mass is 10.0. The molecule has 0 bridgehead atoms. The highest BCUT2D eigenvalue weighted by molar-refractivity contribution is 6.29. The van der Waals surface area contributed by atoms with E-state index in [9.17, 15) is 4.79 Å². The summed E-state index contributed by atoms with van der Waals surface area (Å²) in [4.78, 5) is 16.9. The number of carbonyl (C=O) groups is 1. The molecule has 1 N–H and O–H groups in total. The molecule has 0 saturated heterocycles. The second-order valence-electron chi connectivity index (χ2n) is 7.89. The molecule has 0 unspecified atom stereocenters. The van der Waals surface area contributed by atoms with Crippen molar-refractivity contribution >= 4 is 17.5 Å². The average molecular weight is 421 g/mol. The van der Waals surface area contributed by atoms with E-state index in [1.165, 1.54) is 41.3 Å². The highest BCUT2D eigenvalue weighted by atomic mass is 35.5. The molecule has 4 rings (SSSR count). The number of hydrogen-bond donors (Lipinski definition) is 1. The summed E-state index contributed by atoms with van der Waals surface area (Å²) in [6, 6.07) is 15.9. The predicted molar refractivity (Wildman–Crippen MR) is 120 cm³/mol. The lowest BCUT2D eigenvalue weighted by Gasteiger charge is -2.13. The number of nitrogens with one attached hydrogen (secondary N) is 1. The third-order valence-corrected chi connectivity index (χ3v) is 5.60. The zero-order valence-corrected chi connectivity index (χ0v) is 18.0. The van der Waals surface area contributed by atoms with E-state index in [1.54, 1.807) is 6.07 Å². The maximum atomic E-state index is 12.8. The molecule has 30 heavy (non-hydrogen) atoms. The van der Waals surface area contributed by atoms with Crippen molar-refractivity contribution in [3.05, 3.63) is 87.7 Å². The largest absolute Gasteiger partial charge is 0.455 e. The molecule has 1 aromatic heterocycles. The minimum absolute atomic E-state index is 0.225. The van der Waals surface area contributed by atoms with E-state index in [1.807, 2.05) is 18.2 Å². The first-order valence-electron chi connectivity index (χ1n) is 10.3. The first-order chi connectivity index (χ1) is 14.5. The lowest BCUT2D eigenvalue weighted by molar-refractivity contribution is 0.0951. The van der Waals surface area contributed by atoms with Gasteiger partial charge < -0.3 is 10.1 Å². The van der Waals surface area contributed by atoms with E-state index in [4.69, 9.17) is 16.3 Å². The monoisotopic (exact) mass is 420 g/mol. The van der Waals surface area contributed by atoms with Crippen molar-refractivity contribution in [1.82, 2.24) is 10.3 Å². The molecule has 2 aromatic carbocycles. The van der Waals surface area contributed by atoms with Gasteiger partial charge in [0, 0.05) is 6.54 Å². The number of pyridine rings is 1. The van der Waals surface area contributed by atoms with Gasteiger partial charge in [-0.25, -0.2) is 4.98 Å². The van der Waals surface area contributed by atoms with Gasteiger partial charge in [0.05, 0.1) is 11.8 Å². The number of carbonyl (C=O) groups excluding carboxylic acids is 1. The number of halogens is 1. The Hall–Kier alpha value is -2.85. The van der Waals surface area contributed by atoms with Crippen LogP contribution in [0.15, 0.2) is 54.7 Å². The SMILES string of the molecule is Cc1ccc(CCNC(=O)c2cc(Cl)ncc2Oc2cccc(C3CC3)c2)c(C)c1. The summed E-state index contributed by atoms with van der Waals surface area (Å²) in [5.74, 6) is 1.51. The maximum Gasteiger partial charge on any atom is 0.255 e.